The monoisotopic (exact) mass is 624 g/mol. The van der Waals surface area contributed by atoms with Gasteiger partial charge in [0.1, 0.15) is 11.2 Å². The fourth-order valence-corrected chi connectivity index (χ4v) is 7.23. The van der Waals surface area contributed by atoms with Crippen LogP contribution >= 0.6 is 0 Å². The predicted molar refractivity (Wildman–Crippen MR) is 204 cm³/mol. The van der Waals surface area contributed by atoms with Crippen molar-refractivity contribution in [3.63, 3.8) is 0 Å². The predicted octanol–water partition coefficient (Wildman–Crippen LogP) is 12.5. The lowest BCUT2D eigenvalue weighted by Gasteiger charge is -2.12. The highest BCUT2D eigenvalue weighted by Crippen LogP contribution is 2.42. The Morgan fingerprint density at radius 2 is 1.02 bits per heavy atom. The largest absolute Gasteiger partial charge is 0.455 e. The fraction of sp³-hybridized carbons (Fsp3) is 0. The van der Waals surface area contributed by atoms with Gasteiger partial charge >= 0.3 is 0 Å². The number of benzene rings is 8. The third-order valence-corrected chi connectivity index (χ3v) is 9.64. The quantitative estimate of drug-likeness (QED) is 0.196. The number of nitrogens with zero attached hydrogens (tertiary/aromatic N) is 2. The van der Waals surface area contributed by atoms with E-state index in [9.17, 15) is 0 Å². The Hall–Kier alpha value is -6.58. The number of furan rings is 1. The minimum absolute atomic E-state index is 0.697. The Morgan fingerprint density at radius 3 is 1.86 bits per heavy atom. The van der Waals surface area contributed by atoms with Crippen LogP contribution in [0, 0.1) is 0 Å². The van der Waals surface area contributed by atoms with Crippen LogP contribution in [0.1, 0.15) is 0 Å². The van der Waals surface area contributed by atoms with E-state index in [2.05, 4.69) is 158 Å². The standard InChI is InChI=1S/C46H28N2O/c1-2-11-30(12-3-1)39-26-35(27-41-40-25-33-14-4-5-15-34(33)28-43(40)49-45(39)41)44-38-18-8-9-20-42(38)47-46(48-44)32-23-21-31(22-24-32)37-19-10-16-29-13-6-7-17-36(29)37/h1-28H. The van der Waals surface area contributed by atoms with Crippen LogP contribution in [0.15, 0.2) is 174 Å². The first-order valence-electron chi connectivity index (χ1n) is 16.6. The molecule has 0 aliphatic rings. The van der Waals surface area contributed by atoms with Crippen LogP contribution < -0.4 is 0 Å². The molecule has 0 N–H and O–H groups in total. The smallest absolute Gasteiger partial charge is 0.160 e. The average molecular weight is 625 g/mol. The molecule has 49 heavy (non-hydrogen) atoms. The summed E-state index contributed by atoms with van der Waals surface area (Å²) in [5.74, 6) is 0.697. The molecular weight excluding hydrogens is 597 g/mol. The lowest BCUT2D eigenvalue weighted by molar-refractivity contribution is 0.670. The van der Waals surface area contributed by atoms with Crippen molar-refractivity contribution in [2.45, 2.75) is 0 Å². The summed E-state index contributed by atoms with van der Waals surface area (Å²) in [4.78, 5) is 10.4. The number of hydrogen-bond acceptors (Lipinski definition) is 3. The van der Waals surface area contributed by atoms with Crippen molar-refractivity contribution in [3.8, 4) is 44.9 Å². The molecule has 3 nitrogen and oxygen atoms in total. The molecule has 0 spiro atoms. The van der Waals surface area contributed by atoms with Gasteiger partial charge in [0, 0.05) is 32.8 Å². The zero-order valence-electron chi connectivity index (χ0n) is 26.5. The molecule has 0 aliphatic carbocycles. The van der Waals surface area contributed by atoms with Gasteiger partial charge in [-0.2, -0.15) is 0 Å². The molecular formula is C46H28N2O. The van der Waals surface area contributed by atoms with Crippen molar-refractivity contribution in [2.75, 3.05) is 0 Å². The number of para-hydroxylation sites is 1. The van der Waals surface area contributed by atoms with Crippen molar-refractivity contribution in [1.29, 1.82) is 0 Å². The molecule has 0 fully saturated rings. The number of hydrogen-bond donors (Lipinski definition) is 0. The number of fused-ring (bicyclic) bond motifs is 6. The molecule has 228 valence electrons. The average Bonchev–Trinajstić information content (AvgIpc) is 3.53. The van der Waals surface area contributed by atoms with Gasteiger partial charge in [0.15, 0.2) is 5.82 Å². The zero-order chi connectivity index (χ0) is 32.3. The summed E-state index contributed by atoms with van der Waals surface area (Å²) in [6.07, 6.45) is 0. The van der Waals surface area contributed by atoms with Gasteiger partial charge in [-0.3, -0.25) is 0 Å². The lowest BCUT2D eigenvalue weighted by atomic mass is 9.95. The van der Waals surface area contributed by atoms with Gasteiger partial charge in [0.25, 0.3) is 0 Å². The third kappa shape index (κ3) is 4.59. The van der Waals surface area contributed by atoms with Gasteiger partial charge in [-0.25, -0.2) is 9.97 Å². The van der Waals surface area contributed by atoms with E-state index in [4.69, 9.17) is 14.4 Å². The maximum Gasteiger partial charge on any atom is 0.160 e. The summed E-state index contributed by atoms with van der Waals surface area (Å²) in [6.45, 7) is 0. The summed E-state index contributed by atoms with van der Waals surface area (Å²) >= 11 is 0. The maximum absolute atomic E-state index is 6.66. The summed E-state index contributed by atoms with van der Waals surface area (Å²) in [6, 6.07) is 59.7. The Morgan fingerprint density at radius 1 is 0.367 bits per heavy atom. The van der Waals surface area contributed by atoms with Crippen LogP contribution in [-0.4, -0.2) is 9.97 Å². The Kier molecular flexibility index (Phi) is 6.18. The van der Waals surface area contributed by atoms with Crippen molar-refractivity contribution < 1.29 is 4.42 Å². The first kappa shape index (κ1) is 27.5. The topological polar surface area (TPSA) is 38.9 Å². The van der Waals surface area contributed by atoms with E-state index in [1.807, 2.05) is 12.1 Å². The van der Waals surface area contributed by atoms with E-state index < -0.39 is 0 Å². The second-order valence-electron chi connectivity index (χ2n) is 12.6. The van der Waals surface area contributed by atoms with Gasteiger partial charge in [0.2, 0.25) is 0 Å². The molecule has 0 radical (unpaired) electrons. The molecule has 10 rings (SSSR count). The van der Waals surface area contributed by atoms with E-state index in [0.29, 0.717) is 5.82 Å². The van der Waals surface area contributed by atoms with E-state index >= 15 is 0 Å². The number of aromatic nitrogens is 2. The minimum atomic E-state index is 0.697. The highest BCUT2D eigenvalue weighted by atomic mass is 16.3. The molecule has 2 aromatic heterocycles. The summed E-state index contributed by atoms with van der Waals surface area (Å²) in [5.41, 5.74) is 10.1. The van der Waals surface area contributed by atoms with Crippen molar-refractivity contribution in [1.82, 2.24) is 9.97 Å². The van der Waals surface area contributed by atoms with Crippen LogP contribution in [0.4, 0.5) is 0 Å². The van der Waals surface area contributed by atoms with Crippen molar-refractivity contribution in [3.05, 3.63) is 170 Å². The van der Waals surface area contributed by atoms with Gasteiger partial charge in [-0.1, -0.05) is 140 Å². The van der Waals surface area contributed by atoms with E-state index in [1.54, 1.807) is 0 Å². The van der Waals surface area contributed by atoms with Gasteiger partial charge in [-0.05, 0) is 68.6 Å². The summed E-state index contributed by atoms with van der Waals surface area (Å²) in [7, 11) is 0. The van der Waals surface area contributed by atoms with E-state index in [0.717, 1.165) is 66.2 Å². The second-order valence-corrected chi connectivity index (χ2v) is 12.6. The normalized spacial score (nSPS) is 11.7. The Balaban J connectivity index is 1.18. The molecule has 3 heteroatoms. The van der Waals surface area contributed by atoms with Crippen molar-refractivity contribution >= 4 is 54.4 Å². The molecule has 0 unspecified atom stereocenters. The lowest BCUT2D eigenvalue weighted by Crippen LogP contribution is -1.96. The highest BCUT2D eigenvalue weighted by molar-refractivity contribution is 6.15. The second kappa shape index (κ2) is 11.0. The Labute approximate surface area is 282 Å². The van der Waals surface area contributed by atoms with Crippen LogP contribution in [0.2, 0.25) is 0 Å². The van der Waals surface area contributed by atoms with Gasteiger partial charge in [0.05, 0.1) is 11.2 Å². The minimum Gasteiger partial charge on any atom is -0.455 e. The van der Waals surface area contributed by atoms with E-state index in [1.165, 1.54) is 27.3 Å². The molecule has 0 aliphatic heterocycles. The van der Waals surface area contributed by atoms with Crippen LogP contribution in [-0.2, 0) is 0 Å². The maximum atomic E-state index is 6.66. The Bertz CT molecular complexity index is 2860. The van der Waals surface area contributed by atoms with Crippen molar-refractivity contribution in [2.24, 2.45) is 0 Å². The molecule has 8 aromatic carbocycles. The third-order valence-electron chi connectivity index (χ3n) is 9.64. The van der Waals surface area contributed by atoms with Crippen LogP contribution in [0.3, 0.4) is 0 Å². The summed E-state index contributed by atoms with van der Waals surface area (Å²) in [5, 5.41) is 7.99. The molecule has 0 amide bonds. The van der Waals surface area contributed by atoms with Gasteiger partial charge < -0.3 is 4.42 Å². The fourth-order valence-electron chi connectivity index (χ4n) is 7.23. The highest BCUT2D eigenvalue weighted by Gasteiger charge is 2.19. The number of rotatable bonds is 4. The molecule has 0 bridgehead atoms. The first-order chi connectivity index (χ1) is 24.3. The molecule has 0 saturated carbocycles. The molecule has 10 aromatic rings. The summed E-state index contributed by atoms with van der Waals surface area (Å²) < 4.78 is 6.66. The van der Waals surface area contributed by atoms with Crippen LogP contribution in [0.25, 0.3) is 99.3 Å². The zero-order valence-corrected chi connectivity index (χ0v) is 26.5. The molecule has 0 atom stereocenters. The SMILES string of the molecule is c1ccc(-c2cc(-c3nc(-c4ccc(-c5cccc6ccccc56)cc4)nc4ccccc34)cc3c2oc2cc4ccccc4cc23)cc1. The van der Waals surface area contributed by atoms with Gasteiger partial charge in [-0.15, -0.1) is 0 Å². The molecule has 0 saturated heterocycles. The van der Waals surface area contributed by atoms with E-state index in [-0.39, 0.29) is 0 Å². The first-order valence-corrected chi connectivity index (χ1v) is 16.6. The van der Waals surface area contributed by atoms with Crippen LogP contribution in [0.5, 0.6) is 0 Å². The molecule has 2 heterocycles.